The number of hydrogen-bond donors (Lipinski definition) is 2. The number of nitrogens with zero attached hydrogens (tertiary/aromatic N) is 1. The molecule has 4 nitrogen and oxygen atoms in total. The highest BCUT2D eigenvalue weighted by Crippen LogP contribution is 2.46. The smallest absolute Gasteiger partial charge is 0.205 e. The number of nitrogens with two attached hydrogens (primary N) is 1. The molecule has 0 bridgehead atoms. The number of benzene rings is 1. The van der Waals surface area contributed by atoms with Gasteiger partial charge in [-0.2, -0.15) is 5.26 Å². The summed E-state index contributed by atoms with van der Waals surface area (Å²) in [7, 11) is 0. The van der Waals surface area contributed by atoms with Crippen LogP contribution in [0.5, 0.6) is 5.75 Å². The summed E-state index contributed by atoms with van der Waals surface area (Å²) in [6, 6.07) is 7.80. The number of nitrogen functional groups attached to an aromatic ring is 1. The molecule has 20 heavy (non-hydrogen) atoms. The number of ether oxygens (including phenoxy) is 1. The van der Waals surface area contributed by atoms with E-state index in [1.54, 1.807) is 6.07 Å². The number of nitrogens with one attached hydrogen (secondary N) is 1. The Morgan fingerprint density at radius 3 is 2.90 bits per heavy atom. The maximum Gasteiger partial charge on any atom is 0.205 e. The van der Waals surface area contributed by atoms with Gasteiger partial charge in [-0.3, -0.25) is 5.41 Å². The second-order valence-corrected chi connectivity index (χ2v) is 5.44. The zero-order chi connectivity index (χ0) is 14.1. The maximum absolute atomic E-state index is 9.43. The average molecular weight is 267 g/mol. The zero-order valence-corrected chi connectivity index (χ0v) is 11.2. The molecular weight excluding hydrogens is 250 g/mol. The molecule has 3 rings (SSSR count). The summed E-state index contributed by atoms with van der Waals surface area (Å²) >= 11 is 0. The van der Waals surface area contributed by atoms with E-state index in [4.69, 9.17) is 15.9 Å². The van der Waals surface area contributed by atoms with Crippen molar-refractivity contribution in [2.24, 2.45) is 11.8 Å². The third kappa shape index (κ3) is 2.05. The molecule has 0 saturated heterocycles. The highest BCUT2D eigenvalue weighted by Gasteiger charge is 2.40. The van der Waals surface area contributed by atoms with E-state index in [0.29, 0.717) is 17.4 Å². The Kier molecular flexibility index (Phi) is 3.19. The van der Waals surface area contributed by atoms with Crippen LogP contribution in [0.25, 0.3) is 0 Å². The number of fused-ring (bicyclic) bond motifs is 1. The van der Waals surface area contributed by atoms with Gasteiger partial charge in [-0.15, -0.1) is 0 Å². The number of allylic oxidation sites excluding steroid dienone is 2. The van der Waals surface area contributed by atoms with Crippen molar-refractivity contribution in [1.82, 2.24) is 0 Å². The van der Waals surface area contributed by atoms with Gasteiger partial charge >= 0.3 is 0 Å². The van der Waals surface area contributed by atoms with Gasteiger partial charge in [0, 0.05) is 23.2 Å². The molecule has 0 aromatic heterocycles. The van der Waals surface area contributed by atoms with Crippen LogP contribution in [-0.2, 0) is 0 Å². The van der Waals surface area contributed by atoms with Crippen molar-refractivity contribution < 1.29 is 4.74 Å². The number of nitriles is 1. The third-order valence-corrected chi connectivity index (χ3v) is 4.21. The molecule has 0 fully saturated rings. The van der Waals surface area contributed by atoms with E-state index < -0.39 is 5.92 Å². The second kappa shape index (κ2) is 5.01. The SMILES string of the molecule is N#CC1C(=N)Oc2cc(N)ccc2C1C1CC=CCC1. The van der Waals surface area contributed by atoms with Crippen LogP contribution in [0.3, 0.4) is 0 Å². The first-order valence-corrected chi connectivity index (χ1v) is 6.91. The van der Waals surface area contributed by atoms with Crippen LogP contribution in [0.4, 0.5) is 5.69 Å². The summed E-state index contributed by atoms with van der Waals surface area (Å²) in [5.41, 5.74) is 7.43. The Hall–Kier alpha value is -2.28. The predicted molar refractivity (Wildman–Crippen MR) is 77.5 cm³/mol. The van der Waals surface area contributed by atoms with E-state index in [2.05, 4.69) is 18.2 Å². The lowest BCUT2D eigenvalue weighted by molar-refractivity contribution is 0.320. The molecule has 0 amide bonds. The number of rotatable bonds is 1. The minimum atomic E-state index is -0.498. The van der Waals surface area contributed by atoms with Crippen LogP contribution in [0.15, 0.2) is 30.4 Å². The Balaban J connectivity index is 2.06. The minimum Gasteiger partial charge on any atom is -0.442 e. The second-order valence-electron chi connectivity index (χ2n) is 5.44. The van der Waals surface area contributed by atoms with Gasteiger partial charge in [-0.05, 0) is 31.2 Å². The van der Waals surface area contributed by atoms with Crippen LogP contribution in [-0.4, -0.2) is 5.90 Å². The molecule has 1 aromatic rings. The zero-order valence-electron chi connectivity index (χ0n) is 11.2. The Morgan fingerprint density at radius 1 is 1.35 bits per heavy atom. The van der Waals surface area contributed by atoms with Gasteiger partial charge in [0.15, 0.2) is 0 Å². The van der Waals surface area contributed by atoms with Crippen LogP contribution in [0.2, 0.25) is 0 Å². The Bertz CT molecular complexity index is 615. The lowest BCUT2D eigenvalue weighted by Crippen LogP contribution is -2.34. The molecule has 1 aliphatic carbocycles. The fraction of sp³-hybridized carbons (Fsp3) is 0.375. The number of anilines is 1. The van der Waals surface area contributed by atoms with Crippen molar-refractivity contribution in [2.45, 2.75) is 25.2 Å². The molecule has 2 aliphatic rings. The van der Waals surface area contributed by atoms with E-state index in [9.17, 15) is 5.26 Å². The van der Waals surface area contributed by atoms with E-state index in [1.807, 2.05) is 12.1 Å². The van der Waals surface area contributed by atoms with Crippen LogP contribution >= 0.6 is 0 Å². The predicted octanol–water partition coefficient (Wildman–Crippen LogP) is 3.22. The van der Waals surface area contributed by atoms with Gasteiger partial charge in [-0.25, -0.2) is 0 Å². The lowest BCUT2D eigenvalue weighted by Gasteiger charge is -2.36. The van der Waals surface area contributed by atoms with Crippen LogP contribution in [0, 0.1) is 28.6 Å². The topological polar surface area (TPSA) is 82.9 Å². The molecule has 3 N–H and O–H groups in total. The summed E-state index contributed by atoms with van der Waals surface area (Å²) in [5, 5.41) is 17.4. The Labute approximate surface area is 118 Å². The monoisotopic (exact) mass is 267 g/mol. The summed E-state index contributed by atoms with van der Waals surface area (Å²) in [5.74, 6) is 0.604. The molecule has 0 radical (unpaired) electrons. The lowest BCUT2D eigenvalue weighted by atomic mass is 9.71. The van der Waals surface area contributed by atoms with Gasteiger partial charge in [-0.1, -0.05) is 18.2 Å². The standard InChI is InChI=1S/C16H17N3O/c17-9-13-15(10-4-2-1-3-5-10)12-7-6-11(18)8-14(12)20-16(13)19/h1-2,6-8,10,13,15,19H,3-5,18H2. The first-order chi connectivity index (χ1) is 9.70. The van der Waals surface area contributed by atoms with Gasteiger partial charge in [0.05, 0.1) is 6.07 Å². The van der Waals surface area contributed by atoms with Crippen molar-refractivity contribution in [3.8, 4) is 11.8 Å². The van der Waals surface area contributed by atoms with Crippen molar-refractivity contribution in [2.75, 3.05) is 5.73 Å². The van der Waals surface area contributed by atoms with Gasteiger partial charge < -0.3 is 10.5 Å². The highest BCUT2D eigenvalue weighted by atomic mass is 16.5. The van der Waals surface area contributed by atoms with Crippen LogP contribution in [0.1, 0.15) is 30.7 Å². The minimum absolute atomic E-state index is 0.0294. The third-order valence-electron chi connectivity index (χ3n) is 4.21. The Morgan fingerprint density at radius 2 is 2.20 bits per heavy atom. The van der Waals surface area contributed by atoms with E-state index in [0.717, 1.165) is 24.8 Å². The van der Waals surface area contributed by atoms with E-state index >= 15 is 0 Å². The molecule has 0 spiro atoms. The first kappa shape index (κ1) is 12.7. The molecule has 4 heteroatoms. The van der Waals surface area contributed by atoms with Crippen molar-refractivity contribution >= 4 is 11.6 Å². The first-order valence-electron chi connectivity index (χ1n) is 6.91. The molecule has 1 heterocycles. The summed E-state index contributed by atoms with van der Waals surface area (Å²) in [6.45, 7) is 0. The fourth-order valence-corrected chi connectivity index (χ4v) is 3.25. The van der Waals surface area contributed by atoms with E-state index in [-0.39, 0.29) is 11.8 Å². The van der Waals surface area contributed by atoms with E-state index in [1.165, 1.54) is 0 Å². The van der Waals surface area contributed by atoms with Crippen molar-refractivity contribution in [3.63, 3.8) is 0 Å². The largest absolute Gasteiger partial charge is 0.442 e. The van der Waals surface area contributed by atoms with Crippen molar-refractivity contribution in [1.29, 1.82) is 10.7 Å². The number of hydrogen-bond acceptors (Lipinski definition) is 4. The molecule has 1 aliphatic heterocycles. The van der Waals surface area contributed by atoms with Gasteiger partial charge in [0.1, 0.15) is 11.7 Å². The quantitative estimate of drug-likeness (QED) is 0.605. The van der Waals surface area contributed by atoms with Gasteiger partial charge in [0.25, 0.3) is 0 Å². The molecule has 102 valence electrons. The molecular formula is C16H17N3O. The molecule has 1 aromatic carbocycles. The highest BCUT2D eigenvalue weighted by molar-refractivity contribution is 5.84. The average Bonchev–Trinajstić information content (AvgIpc) is 2.46. The normalized spacial score (nSPS) is 28.4. The maximum atomic E-state index is 9.43. The van der Waals surface area contributed by atoms with Gasteiger partial charge in [0.2, 0.25) is 5.90 Å². The summed E-state index contributed by atoms with van der Waals surface area (Å²) in [6.07, 6.45) is 7.42. The van der Waals surface area contributed by atoms with Crippen LogP contribution < -0.4 is 10.5 Å². The van der Waals surface area contributed by atoms with Crippen molar-refractivity contribution in [3.05, 3.63) is 35.9 Å². The summed E-state index contributed by atoms with van der Waals surface area (Å²) < 4.78 is 5.50. The summed E-state index contributed by atoms with van der Waals surface area (Å²) in [4.78, 5) is 0. The fourth-order valence-electron chi connectivity index (χ4n) is 3.25. The molecule has 0 saturated carbocycles. The molecule has 3 unspecified atom stereocenters. The molecule has 3 atom stereocenters.